The topological polar surface area (TPSA) is 54.9 Å². The van der Waals surface area contributed by atoms with E-state index in [-0.39, 0.29) is 11.9 Å². The first-order valence-electron chi connectivity index (χ1n) is 7.93. The van der Waals surface area contributed by atoms with Gasteiger partial charge in [-0.1, -0.05) is 38.0 Å². The normalized spacial score (nSPS) is 21.3. The fraction of sp³-hybridized carbons (Fsp3) is 0.389. The molecule has 1 heterocycles. The number of carbonyl (C=O) groups is 1. The molecule has 2 unspecified atom stereocenters. The van der Waals surface area contributed by atoms with Gasteiger partial charge in [0.15, 0.2) is 5.82 Å². The van der Waals surface area contributed by atoms with Crippen molar-refractivity contribution in [2.45, 2.75) is 38.6 Å². The first-order chi connectivity index (χ1) is 10.8. The number of hydrogen-bond donors (Lipinski definition) is 1. The minimum absolute atomic E-state index is 0.0261. The summed E-state index contributed by atoms with van der Waals surface area (Å²) in [5.41, 5.74) is 1.43. The van der Waals surface area contributed by atoms with E-state index in [1.165, 1.54) is 19.3 Å². The highest BCUT2D eigenvalue weighted by Crippen LogP contribution is 2.25. The highest BCUT2D eigenvalue weighted by molar-refractivity contribution is 6.00. The first kappa shape index (κ1) is 14.7. The summed E-state index contributed by atoms with van der Waals surface area (Å²) in [6.45, 7) is 2.22. The van der Waals surface area contributed by atoms with Gasteiger partial charge < -0.3 is 5.32 Å². The van der Waals surface area contributed by atoms with E-state index in [0.717, 1.165) is 12.0 Å². The van der Waals surface area contributed by atoms with Gasteiger partial charge in [0.05, 0.1) is 5.56 Å². The fourth-order valence-corrected chi connectivity index (χ4v) is 3.09. The lowest BCUT2D eigenvalue weighted by atomic mass is 9.85. The van der Waals surface area contributed by atoms with Crippen LogP contribution in [0.5, 0.6) is 0 Å². The van der Waals surface area contributed by atoms with Crippen molar-refractivity contribution in [2.24, 2.45) is 5.92 Å². The van der Waals surface area contributed by atoms with Gasteiger partial charge in [-0.2, -0.15) is 0 Å². The number of nitrogens with zero attached hydrogens (tertiary/aromatic N) is 2. The van der Waals surface area contributed by atoms with E-state index in [4.69, 9.17) is 0 Å². The van der Waals surface area contributed by atoms with Gasteiger partial charge in [0, 0.05) is 24.0 Å². The summed E-state index contributed by atoms with van der Waals surface area (Å²) in [5.74, 6) is 1.10. The van der Waals surface area contributed by atoms with Crippen LogP contribution in [0.1, 0.15) is 43.0 Å². The second-order valence-electron chi connectivity index (χ2n) is 5.96. The maximum atomic E-state index is 12.7. The standard InChI is InChI=1S/C18H21N3O/c1-13-7-2-5-10-16(13)21-18(22)15-9-4-3-8-14(15)17-19-11-6-12-20-17/h3-4,6,8-9,11-13,16H,2,5,7,10H2,1H3,(H,21,22). The van der Waals surface area contributed by atoms with Gasteiger partial charge in [0.1, 0.15) is 0 Å². The molecule has 3 rings (SSSR count). The Morgan fingerprint density at radius 2 is 1.82 bits per heavy atom. The summed E-state index contributed by atoms with van der Waals surface area (Å²) < 4.78 is 0. The van der Waals surface area contributed by atoms with Crippen molar-refractivity contribution in [2.75, 3.05) is 0 Å². The monoisotopic (exact) mass is 295 g/mol. The fourth-order valence-electron chi connectivity index (χ4n) is 3.09. The lowest BCUT2D eigenvalue weighted by Crippen LogP contribution is -2.41. The molecule has 2 atom stereocenters. The van der Waals surface area contributed by atoms with Crippen molar-refractivity contribution >= 4 is 5.91 Å². The van der Waals surface area contributed by atoms with Crippen LogP contribution in [-0.4, -0.2) is 21.9 Å². The van der Waals surface area contributed by atoms with Gasteiger partial charge >= 0.3 is 0 Å². The lowest BCUT2D eigenvalue weighted by molar-refractivity contribution is 0.0911. The molecule has 1 N–H and O–H groups in total. The third kappa shape index (κ3) is 3.16. The second kappa shape index (κ2) is 6.69. The molecular weight excluding hydrogens is 274 g/mol. The van der Waals surface area contributed by atoms with Crippen LogP contribution < -0.4 is 5.32 Å². The highest BCUT2D eigenvalue weighted by Gasteiger charge is 2.24. The Labute approximate surface area is 131 Å². The van der Waals surface area contributed by atoms with Crippen LogP contribution in [0.2, 0.25) is 0 Å². The van der Waals surface area contributed by atoms with Crippen molar-refractivity contribution in [3.8, 4) is 11.4 Å². The van der Waals surface area contributed by atoms with Crippen molar-refractivity contribution in [3.05, 3.63) is 48.3 Å². The van der Waals surface area contributed by atoms with E-state index in [1.54, 1.807) is 18.5 Å². The van der Waals surface area contributed by atoms with Gasteiger partial charge in [-0.3, -0.25) is 4.79 Å². The molecule has 0 spiro atoms. The van der Waals surface area contributed by atoms with Gasteiger partial charge in [-0.25, -0.2) is 9.97 Å². The molecule has 22 heavy (non-hydrogen) atoms. The molecule has 1 fully saturated rings. The molecule has 4 heteroatoms. The highest BCUT2D eigenvalue weighted by atomic mass is 16.1. The summed E-state index contributed by atoms with van der Waals surface area (Å²) in [6, 6.07) is 9.57. The Morgan fingerprint density at radius 1 is 1.09 bits per heavy atom. The molecule has 1 aromatic heterocycles. The zero-order chi connectivity index (χ0) is 15.4. The number of carbonyl (C=O) groups excluding carboxylic acids is 1. The molecule has 1 saturated carbocycles. The van der Waals surface area contributed by atoms with Gasteiger partial charge in [-0.15, -0.1) is 0 Å². The molecule has 1 amide bonds. The van der Waals surface area contributed by atoms with Crippen molar-refractivity contribution in [1.29, 1.82) is 0 Å². The Bertz CT molecular complexity index is 642. The molecule has 0 bridgehead atoms. The van der Waals surface area contributed by atoms with E-state index in [2.05, 4.69) is 22.2 Å². The minimum Gasteiger partial charge on any atom is -0.349 e. The number of aromatic nitrogens is 2. The van der Waals surface area contributed by atoms with Crippen LogP contribution in [0.3, 0.4) is 0 Å². The number of nitrogens with one attached hydrogen (secondary N) is 1. The molecule has 2 aromatic rings. The third-order valence-corrected chi connectivity index (χ3v) is 4.41. The van der Waals surface area contributed by atoms with Crippen LogP contribution >= 0.6 is 0 Å². The molecule has 1 aliphatic carbocycles. The lowest BCUT2D eigenvalue weighted by Gasteiger charge is -2.29. The van der Waals surface area contributed by atoms with Crippen molar-refractivity contribution in [3.63, 3.8) is 0 Å². The second-order valence-corrected chi connectivity index (χ2v) is 5.96. The maximum Gasteiger partial charge on any atom is 0.252 e. The van der Waals surface area contributed by atoms with Crippen LogP contribution in [-0.2, 0) is 0 Å². The molecule has 0 radical (unpaired) electrons. The predicted molar refractivity (Wildman–Crippen MR) is 86.4 cm³/mol. The van der Waals surface area contributed by atoms with E-state index in [1.807, 2.05) is 24.3 Å². The molecule has 1 aromatic carbocycles. The Kier molecular flexibility index (Phi) is 4.47. The summed E-state index contributed by atoms with van der Waals surface area (Å²) in [5, 5.41) is 3.20. The summed E-state index contributed by atoms with van der Waals surface area (Å²) in [6.07, 6.45) is 8.10. The van der Waals surface area contributed by atoms with E-state index >= 15 is 0 Å². The van der Waals surface area contributed by atoms with Gasteiger partial charge in [0.25, 0.3) is 5.91 Å². The minimum atomic E-state index is -0.0261. The molecule has 4 nitrogen and oxygen atoms in total. The van der Waals surface area contributed by atoms with Crippen LogP contribution in [0, 0.1) is 5.92 Å². The predicted octanol–water partition coefficient (Wildman–Crippen LogP) is 3.45. The number of rotatable bonds is 3. The molecule has 0 saturated heterocycles. The third-order valence-electron chi connectivity index (χ3n) is 4.41. The average molecular weight is 295 g/mol. The molecule has 0 aliphatic heterocycles. The van der Waals surface area contributed by atoms with E-state index in [9.17, 15) is 4.79 Å². The van der Waals surface area contributed by atoms with Crippen LogP contribution in [0.25, 0.3) is 11.4 Å². The SMILES string of the molecule is CC1CCCCC1NC(=O)c1ccccc1-c1ncccn1. The van der Waals surface area contributed by atoms with E-state index < -0.39 is 0 Å². The van der Waals surface area contributed by atoms with Gasteiger partial charge in [0.2, 0.25) is 0 Å². The average Bonchev–Trinajstić information content (AvgIpc) is 2.58. The Hall–Kier alpha value is -2.23. The quantitative estimate of drug-likeness (QED) is 0.943. The van der Waals surface area contributed by atoms with Crippen LogP contribution in [0.4, 0.5) is 0 Å². The number of hydrogen-bond acceptors (Lipinski definition) is 3. The molecular formula is C18H21N3O. The van der Waals surface area contributed by atoms with Gasteiger partial charge in [-0.05, 0) is 30.9 Å². The van der Waals surface area contributed by atoms with Crippen molar-refractivity contribution < 1.29 is 4.79 Å². The Balaban J connectivity index is 1.84. The summed E-state index contributed by atoms with van der Waals surface area (Å²) in [7, 11) is 0. The molecule has 114 valence electrons. The summed E-state index contributed by atoms with van der Waals surface area (Å²) in [4.78, 5) is 21.2. The number of benzene rings is 1. The first-order valence-corrected chi connectivity index (χ1v) is 7.93. The summed E-state index contributed by atoms with van der Waals surface area (Å²) >= 11 is 0. The molecule has 1 aliphatic rings. The largest absolute Gasteiger partial charge is 0.349 e. The smallest absolute Gasteiger partial charge is 0.252 e. The zero-order valence-electron chi connectivity index (χ0n) is 12.8. The maximum absolute atomic E-state index is 12.7. The zero-order valence-corrected chi connectivity index (χ0v) is 12.8. The number of amides is 1. The van der Waals surface area contributed by atoms with Crippen LogP contribution in [0.15, 0.2) is 42.7 Å². The Morgan fingerprint density at radius 3 is 2.59 bits per heavy atom. The van der Waals surface area contributed by atoms with E-state index in [0.29, 0.717) is 17.3 Å². The van der Waals surface area contributed by atoms with Crippen molar-refractivity contribution in [1.82, 2.24) is 15.3 Å².